The van der Waals surface area contributed by atoms with Crippen LogP contribution >= 0.6 is 0 Å². The molecule has 0 bridgehead atoms. The highest BCUT2D eigenvalue weighted by Gasteiger charge is 2.35. The van der Waals surface area contributed by atoms with Crippen LogP contribution < -0.4 is 4.74 Å². The molecule has 3 amide bonds. The first-order valence-electron chi connectivity index (χ1n) is 11.0. The minimum absolute atomic E-state index is 0.0542. The second kappa shape index (κ2) is 8.92. The Balaban J connectivity index is 1.60. The predicted molar refractivity (Wildman–Crippen MR) is 117 cm³/mol. The lowest BCUT2D eigenvalue weighted by atomic mass is 10.1. The summed E-state index contributed by atoms with van der Waals surface area (Å²) in [5.41, 5.74) is 2.07. The quantitative estimate of drug-likeness (QED) is 0.572. The fourth-order valence-electron chi connectivity index (χ4n) is 4.02. The van der Waals surface area contributed by atoms with Gasteiger partial charge in [0.2, 0.25) is 0 Å². The van der Waals surface area contributed by atoms with Crippen LogP contribution in [0.4, 0.5) is 0 Å². The molecule has 0 unspecified atom stereocenters. The second-order valence-electron chi connectivity index (χ2n) is 8.20. The molecule has 1 aliphatic carbocycles. The van der Waals surface area contributed by atoms with Crippen molar-refractivity contribution in [2.75, 3.05) is 19.7 Å². The van der Waals surface area contributed by atoms with E-state index < -0.39 is 0 Å². The van der Waals surface area contributed by atoms with Crippen molar-refractivity contribution in [1.82, 2.24) is 9.80 Å². The first-order chi connectivity index (χ1) is 15.0. The maximum Gasteiger partial charge on any atom is 0.261 e. The minimum Gasteiger partial charge on any atom is -0.493 e. The first-order valence-corrected chi connectivity index (χ1v) is 11.0. The number of hydrogen-bond donors (Lipinski definition) is 0. The van der Waals surface area contributed by atoms with Crippen LogP contribution in [0.3, 0.4) is 0 Å². The van der Waals surface area contributed by atoms with Crippen LogP contribution in [-0.4, -0.2) is 47.2 Å². The van der Waals surface area contributed by atoms with Gasteiger partial charge >= 0.3 is 0 Å². The molecule has 2 aromatic carbocycles. The summed E-state index contributed by atoms with van der Waals surface area (Å²) in [6, 6.07) is 12.2. The Morgan fingerprint density at radius 2 is 1.74 bits per heavy atom. The van der Waals surface area contributed by atoms with Gasteiger partial charge in [-0.2, -0.15) is 0 Å². The number of imide groups is 1. The number of rotatable bonds is 9. The van der Waals surface area contributed by atoms with E-state index >= 15 is 0 Å². The van der Waals surface area contributed by atoms with Crippen molar-refractivity contribution in [1.29, 1.82) is 0 Å². The third-order valence-electron chi connectivity index (χ3n) is 5.75. The van der Waals surface area contributed by atoms with Gasteiger partial charge in [0.15, 0.2) is 0 Å². The topological polar surface area (TPSA) is 66.9 Å². The fraction of sp³-hybridized carbons (Fsp3) is 0.400. The van der Waals surface area contributed by atoms with Gasteiger partial charge in [0, 0.05) is 13.1 Å². The normalized spacial score (nSPS) is 15.2. The number of hydrogen-bond acceptors (Lipinski definition) is 4. The van der Waals surface area contributed by atoms with Crippen LogP contribution in [0.1, 0.15) is 69.7 Å². The highest BCUT2D eigenvalue weighted by atomic mass is 16.5. The van der Waals surface area contributed by atoms with Gasteiger partial charge in [-0.05, 0) is 61.9 Å². The van der Waals surface area contributed by atoms with Crippen molar-refractivity contribution in [2.45, 2.75) is 39.7 Å². The molecule has 1 saturated carbocycles. The van der Waals surface area contributed by atoms with Gasteiger partial charge in [-0.3, -0.25) is 19.3 Å². The molecule has 0 spiro atoms. The number of amides is 3. The molecule has 0 aromatic heterocycles. The molecule has 2 aromatic rings. The molecule has 2 aliphatic rings. The Hall–Kier alpha value is -3.15. The van der Waals surface area contributed by atoms with Gasteiger partial charge in [-0.1, -0.05) is 25.1 Å². The molecule has 0 radical (unpaired) electrons. The van der Waals surface area contributed by atoms with Crippen LogP contribution in [0.15, 0.2) is 42.5 Å². The number of carbonyl (C=O) groups excluding carboxylic acids is 3. The SMILES string of the molecule is CCCN(CC1CC1)C(=O)c1cc(CN2C(=O)c3ccccc3C2=O)ccc1OCC. The summed E-state index contributed by atoms with van der Waals surface area (Å²) >= 11 is 0. The van der Waals surface area contributed by atoms with E-state index in [1.54, 1.807) is 36.4 Å². The van der Waals surface area contributed by atoms with Gasteiger partial charge in [-0.15, -0.1) is 0 Å². The molecular weight excluding hydrogens is 392 g/mol. The Morgan fingerprint density at radius 3 is 2.32 bits per heavy atom. The number of benzene rings is 2. The van der Waals surface area contributed by atoms with Gasteiger partial charge in [0.1, 0.15) is 5.75 Å². The van der Waals surface area contributed by atoms with E-state index in [0.717, 1.165) is 18.5 Å². The van der Waals surface area contributed by atoms with Crippen molar-refractivity contribution in [3.05, 3.63) is 64.7 Å². The van der Waals surface area contributed by atoms with E-state index in [9.17, 15) is 14.4 Å². The van der Waals surface area contributed by atoms with Crippen molar-refractivity contribution in [3.8, 4) is 5.75 Å². The highest BCUT2D eigenvalue weighted by Crippen LogP contribution is 2.32. The summed E-state index contributed by atoms with van der Waals surface area (Å²) in [5, 5.41) is 0. The molecule has 0 N–H and O–H groups in total. The molecular formula is C25H28N2O4. The summed E-state index contributed by atoms with van der Waals surface area (Å²) in [6.45, 7) is 5.98. The smallest absolute Gasteiger partial charge is 0.261 e. The van der Waals surface area contributed by atoms with E-state index in [1.165, 1.54) is 17.7 Å². The van der Waals surface area contributed by atoms with Crippen LogP contribution in [0.5, 0.6) is 5.75 Å². The van der Waals surface area contributed by atoms with E-state index in [-0.39, 0.29) is 24.3 Å². The Morgan fingerprint density at radius 1 is 1.06 bits per heavy atom. The summed E-state index contributed by atoms with van der Waals surface area (Å²) in [5.74, 6) is 0.469. The van der Waals surface area contributed by atoms with Crippen LogP contribution in [0.25, 0.3) is 0 Å². The maximum atomic E-state index is 13.4. The van der Waals surface area contributed by atoms with E-state index in [1.807, 2.05) is 17.9 Å². The number of ether oxygens (including phenoxy) is 1. The molecule has 6 heteroatoms. The fourth-order valence-corrected chi connectivity index (χ4v) is 4.02. The molecule has 0 atom stereocenters. The predicted octanol–water partition coefficient (Wildman–Crippen LogP) is 4.14. The Kier molecular flexibility index (Phi) is 6.07. The first kappa shape index (κ1) is 21.1. The zero-order valence-electron chi connectivity index (χ0n) is 18.1. The van der Waals surface area contributed by atoms with Crippen molar-refractivity contribution >= 4 is 17.7 Å². The van der Waals surface area contributed by atoms with Gasteiger partial charge in [0.05, 0.1) is 29.8 Å². The second-order valence-corrected chi connectivity index (χ2v) is 8.20. The lowest BCUT2D eigenvalue weighted by molar-refractivity contribution is 0.0642. The molecule has 1 heterocycles. The van der Waals surface area contributed by atoms with Crippen LogP contribution in [0, 0.1) is 5.92 Å². The number of nitrogens with zero attached hydrogens (tertiary/aromatic N) is 2. The minimum atomic E-state index is -0.302. The van der Waals surface area contributed by atoms with Crippen molar-refractivity contribution < 1.29 is 19.1 Å². The molecule has 162 valence electrons. The Bertz CT molecular complexity index is 977. The van der Waals surface area contributed by atoms with Crippen LogP contribution in [-0.2, 0) is 6.54 Å². The zero-order chi connectivity index (χ0) is 22.0. The summed E-state index contributed by atoms with van der Waals surface area (Å²) in [6.07, 6.45) is 3.23. The van der Waals surface area contributed by atoms with E-state index in [4.69, 9.17) is 4.74 Å². The van der Waals surface area contributed by atoms with E-state index in [2.05, 4.69) is 6.92 Å². The number of fused-ring (bicyclic) bond motifs is 1. The summed E-state index contributed by atoms with van der Waals surface area (Å²) < 4.78 is 5.73. The molecule has 31 heavy (non-hydrogen) atoms. The van der Waals surface area contributed by atoms with Gasteiger partial charge < -0.3 is 9.64 Å². The number of carbonyl (C=O) groups is 3. The maximum absolute atomic E-state index is 13.4. The standard InChI is InChI=1S/C25H28N2O4/c1-3-13-26(15-17-9-10-17)23(28)21-14-18(11-12-22(21)31-4-2)16-27-24(29)19-7-5-6-8-20(19)25(27)30/h5-8,11-12,14,17H,3-4,9-10,13,15-16H2,1-2H3. The zero-order valence-corrected chi connectivity index (χ0v) is 18.1. The third-order valence-corrected chi connectivity index (χ3v) is 5.75. The van der Waals surface area contributed by atoms with Crippen molar-refractivity contribution in [2.24, 2.45) is 5.92 Å². The van der Waals surface area contributed by atoms with Gasteiger partial charge in [0.25, 0.3) is 17.7 Å². The molecule has 6 nitrogen and oxygen atoms in total. The van der Waals surface area contributed by atoms with Gasteiger partial charge in [-0.25, -0.2) is 0 Å². The lowest BCUT2D eigenvalue weighted by Gasteiger charge is -2.24. The van der Waals surface area contributed by atoms with E-state index in [0.29, 0.717) is 41.5 Å². The lowest BCUT2D eigenvalue weighted by Crippen LogP contribution is -2.34. The Labute approximate surface area is 182 Å². The molecule has 0 saturated heterocycles. The summed E-state index contributed by atoms with van der Waals surface area (Å²) in [4.78, 5) is 42.0. The summed E-state index contributed by atoms with van der Waals surface area (Å²) in [7, 11) is 0. The average molecular weight is 421 g/mol. The van der Waals surface area contributed by atoms with Crippen molar-refractivity contribution in [3.63, 3.8) is 0 Å². The average Bonchev–Trinajstić information content (AvgIpc) is 3.57. The largest absolute Gasteiger partial charge is 0.493 e. The molecule has 1 aliphatic heterocycles. The molecule has 1 fully saturated rings. The molecule has 4 rings (SSSR count). The monoisotopic (exact) mass is 420 g/mol. The highest BCUT2D eigenvalue weighted by molar-refractivity contribution is 6.21. The van der Waals surface area contributed by atoms with Crippen LogP contribution in [0.2, 0.25) is 0 Å². The third kappa shape index (κ3) is 4.33.